The summed E-state index contributed by atoms with van der Waals surface area (Å²) in [5.74, 6) is 7.83. The van der Waals surface area contributed by atoms with Crippen molar-refractivity contribution in [3.8, 4) is 11.8 Å². The van der Waals surface area contributed by atoms with Crippen molar-refractivity contribution in [2.75, 3.05) is 37.1 Å². The van der Waals surface area contributed by atoms with Gasteiger partial charge in [-0.3, -0.25) is 9.36 Å². The Morgan fingerprint density at radius 1 is 1.21 bits per heavy atom. The third kappa shape index (κ3) is 4.54. The van der Waals surface area contributed by atoms with E-state index < -0.39 is 5.54 Å². The number of imidazole rings is 1. The molecule has 1 aliphatic heterocycles. The van der Waals surface area contributed by atoms with E-state index in [0.29, 0.717) is 49.6 Å². The topological polar surface area (TPSA) is 96.4 Å². The van der Waals surface area contributed by atoms with Crippen LogP contribution in [0.4, 0.5) is 11.8 Å². The van der Waals surface area contributed by atoms with Gasteiger partial charge in [-0.05, 0) is 33.8 Å². The van der Waals surface area contributed by atoms with Crippen molar-refractivity contribution in [1.29, 1.82) is 0 Å². The molecule has 34 heavy (non-hydrogen) atoms. The van der Waals surface area contributed by atoms with Crippen LogP contribution in [0, 0.1) is 18.8 Å². The van der Waals surface area contributed by atoms with Crippen LogP contribution in [0.2, 0.25) is 0 Å². The van der Waals surface area contributed by atoms with Crippen LogP contribution in [0.25, 0.3) is 10.9 Å². The lowest BCUT2D eigenvalue weighted by molar-refractivity contribution is 0.0716. The molecule has 3 aromatic rings. The molecule has 0 unspecified atom stereocenters. The normalized spacial score (nSPS) is 13.7. The minimum absolute atomic E-state index is 0.112. The molecule has 2 aromatic heterocycles. The Morgan fingerprint density at radius 3 is 2.65 bits per heavy atom. The predicted octanol–water partition coefficient (Wildman–Crippen LogP) is 2.38. The maximum absolute atomic E-state index is 13.7. The number of anilines is 2. The second kappa shape index (κ2) is 8.95. The van der Waals surface area contributed by atoms with Gasteiger partial charge >= 0.3 is 0 Å². The SMILES string of the molecule is CC#CCn1c(N(C)CC(C)(C)N)nc2c1C(=O)N(Cc1nc(C)c3ccccc3n1)CN2C. The zero-order valence-corrected chi connectivity index (χ0v) is 20.8. The van der Waals surface area contributed by atoms with Crippen LogP contribution >= 0.6 is 0 Å². The van der Waals surface area contributed by atoms with Crippen molar-refractivity contribution in [3.63, 3.8) is 0 Å². The number of carbonyl (C=O) groups is 1. The second-order valence-corrected chi connectivity index (χ2v) is 9.53. The number of fused-ring (bicyclic) bond motifs is 2. The summed E-state index contributed by atoms with van der Waals surface area (Å²) in [6.07, 6.45) is 0. The molecule has 0 spiro atoms. The van der Waals surface area contributed by atoms with Crippen molar-refractivity contribution >= 4 is 28.6 Å². The molecule has 0 radical (unpaired) electrons. The van der Waals surface area contributed by atoms with Crippen LogP contribution in [0.3, 0.4) is 0 Å². The molecule has 2 N–H and O–H groups in total. The van der Waals surface area contributed by atoms with Gasteiger partial charge in [-0.2, -0.15) is 4.98 Å². The van der Waals surface area contributed by atoms with Gasteiger partial charge in [-0.25, -0.2) is 9.97 Å². The van der Waals surface area contributed by atoms with E-state index in [-0.39, 0.29) is 5.91 Å². The largest absolute Gasteiger partial charge is 0.343 e. The molecule has 9 heteroatoms. The van der Waals surface area contributed by atoms with Gasteiger partial charge in [0.1, 0.15) is 5.82 Å². The first kappa shape index (κ1) is 23.5. The Kier molecular flexibility index (Phi) is 6.19. The minimum atomic E-state index is -0.421. The summed E-state index contributed by atoms with van der Waals surface area (Å²) in [5, 5.41) is 1.02. The molecule has 0 atom stereocenters. The van der Waals surface area contributed by atoms with Crippen LogP contribution in [0.15, 0.2) is 24.3 Å². The van der Waals surface area contributed by atoms with Gasteiger partial charge < -0.3 is 20.4 Å². The molecule has 0 fully saturated rings. The Balaban J connectivity index is 1.71. The van der Waals surface area contributed by atoms with Crippen LogP contribution in [0.5, 0.6) is 0 Å². The highest BCUT2D eigenvalue weighted by Gasteiger charge is 2.35. The molecule has 0 aliphatic carbocycles. The van der Waals surface area contributed by atoms with E-state index in [0.717, 1.165) is 16.6 Å². The van der Waals surface area contributed by atoms with Crippen molar-refractivity contribution in [2.45, 2.75) is 46.3 Å². The molecule has 4 rings (SSSR count). The van der Waals surface area contributed by atoms with Crippen LogP contribution < -0.4 is 15.5 Å². The minimum Gasteiger partial charge on any atom is -0.343 e. The van der Waals surface area contributed by atoms with E-state index in [1.54, 1.807) is 11.8 Å². The van der Waals surface area contributed by atoms with Crippen molar-refractivity contribution in [3.05, 3.63) is 41.5 Å². The monoisotopic (exact) mass is 460 g/mol. The number of benzene rings is 1. The molecule has 9 nitrogen and oxygen atoms in total. The van der Waals surface area contributed by atoms with E-state index in [2.05, 4.69) is 16.8 Å². The molecule has 0 bridgehead atoms. The van der Waals surface area contributed by atoms with E-state index in [1.807, 2.05) is 73.5 Å². The first-order valence-electron chi connectivity index (χ1n) is 11.3. The molecule has 1 aliphatic rings. The van der Waals surface area contributed by atoms with Crippen molar-refractivity contribution in [2.24, 2.45) is 5.73 Å². The van der Waals surface area contributed by atoms with Gasteiger partial charge in [0.25, 0.3) is 5.91 Å². The van der Waals surface area contributed by atoms with Gasteiger partial charge in [-0.1, -0.05) is 24.1 Å². The van der Waals surface area contributed by atoms with E-state index in [9.17, 15) is 4.79 Å². The summed E-state index contributed by atoms with van der Waals surface area (Å²) in [4.78, 5) is 33.6. The molecule has 3 heterocycles. The highest BCUT2D eigenvalue weighted by molar-refractivity contribution is 6.00. The summed E-state index contributed by atoms with van der Waals surface area (Å²) >= 11 is 0. The van der Waals surface area contributed by atoms with Crippen molar-refractivity contribution in [1.82, 2.24) is 24.4 Å². The number of aryl methyl sites for hydroxylation is 1. The Labute approximate surface area is 200 Å². The first-order chi connectivity index (χ1) is 16.1. The standard InChI is InChI=1S/C25H32N8O/c1-7-8-13-33-21-22(29-24(33)30(5)15-25(3,4)26)31(6)16-32(23(21)34)14-20-27-17(2)18-11-9-10-12-19(18)28-20/h9-12H,13-16,26H2,1-6H3. The van der Waals surface area contributed by atoms with Crippen LogP contribution in [0.1, 0.15) is 42.8 Å². The average Bonchev–Trinajstić information content (AvgIpc) is 3.15. The average molecular weight is 461 g/mol. The van der Waals surface area contributed by atoms with Gasteiger partial charge in [0.05, 0.1) is 25.3 Å². The highest BCUT2D eigenvalue weighted by atomic mass is 16.2. The fourth-order valence-corrected chi connectivity index (χ4v) is 4.38. The summed E-state index contributed by atoms with van der Waals surface area (Å²) in [6, 6.07) is 7.91. The fourth-order valence-electron chi connectivity index (χ4n) is 4.38. The van der Waals surface area contributed by atoms with E-state index >= 15 is 0 Å². The number of amides is 1. The number of para-hydroxylation sites is 1. The zero-order valence-electron chi connectivity index (χ0n) is 20.8. The summed E-state index contributed by atoms with van der Waals surface area (Å²) in [5.41, 5.74) is 8.13. The van der Waals surface area contributed by atoms with Crippen LogP contribution in [-0.2, 0) is 13.1 Å². The molecule has 1 aromatic carbocycles. The second-order valence-electron chi connectivity index (χ2n) is 9.53. The van der Waals surface area contributed by atoms with Gasteiger partial charge in [-0.15, -0.1) is 5.92 Å². The number of hydrogen-bond donors (Lipinski definition) is 1. The number of likely N-dealkylation sites (N-methyl/N-ethyl adjacent to an activating group) is 1. The first-order valence-corrected chi connectivity index (χ1v) is 11.3. The quantitative estimate of drug-likeness (QED) is 0.564. The van der Waals surface area contributed by atoms with Gasteiger partial charge in [0, 0.05) is 37.3 Å². The number of aromatic nitrogens is 4. The fraction of sp³-hybridized carbons (Fsp3) is 0.440. The summed E-state index contributed by atoms with van der Waals surface area (Å²) < 4.78 is 1.88. The lowest BCUT2D eigenvalue weighted by Gasteiger charge is -2.33. The smallest absolute Gasteiger partial charge is 0.276 e. The van der Waals surface area contributed by atoms with Crippen LogP contribution in [-0.4, -0.2) is 63.2 Å². The molecular weight excluding hydrogens is 428 g/mol. The summed E-state index contributed by atoms with van der Waals surface area (Å²) in [6.45, 7) is 9.32. The summed E-state index contributed by atoms with van der Waals surface area (Å²) in [7, 11) is 3.87. The van der Waals surface area contributed by atoms with E-state index in [4.69, 9.17) is 15.7 Å². The maximum atomic E-state index is 13.7. The number of hydrogen-bond acceptors (Lipinski definition) is 7. The molecular formula is C25H32N8O. The van der Waals surface area contributed by atoms with Gasteiger partial charge in [0.2, 0.25) is 5.95 Å². The van der Waals surface area contributed by atoms with Gasteiger partial charge in [0.15, 0.2) is 11.5 Å². The number of nitrogens with two attached hydrogens (primary N) is 1. The third-order valence-electron chi connectivity index (χ3n) is 5.74. The predicted molar refractivity (Wildman–Crippen MR) is 135 cm³/mol. The number of carbonyl (C=O) groups excluding carboxylic acids is 1. The lowest BCUT2D eigenvalue weighted by atomic mass is 10.1. The number of rotatable bonds is 6. The molecule has 1 amide bonds. The molecule has 178 valence electrons. The molecule has 0 saturated heterocycles. The Morgan fingerprint density at radius 2 is 1.94 bits per heavy atom. The van der Waals surface area contributed by atoms with E-state index in [1.165, 1.54) is 0 Å². The highest BCUT2D eigenvalue weighted by Crippen LogP contribution is 2.31. The van der Waals surface area contributed by atoms with Crippen molar-refractivity contribution < 1.29 is 4.79 Å². The Hall–Kier alpha value is -3.64. The zero-order chi connectivity index (χ0) is 24.6. The third-order valence-corrected chi connectivity index (χ3v) is 5.74. The number of nitrogens with zero attached hydrogens (tertiary/aromatic N) is 7. The lowest BCUT2D eigenvalue weighted by Crippen LogP contribution is -2.46. The molecule has 0 saturated carbocycles. The maximum Gasteiger partial charge on any atom is 0.276 e. The Bertz CT molecular complexity index is 1290.